The number of ether oxygens (including phenoxy) is 1. The number of benzene rings is 2. The second-order valence-corrected chi connectivity index (χ2v) is 6.11. The molecule has 1 fully saturated rings. The van der Waals surface area contributed by atoms with Crippen molar-refractivity contribution in [2.24, 2.45) is 0 Å². The zero-order valence-corrected chi connectivity index (χ0v) is 13.7. The van der Waals surface area contributed by atoms with E-state index >= 15 is 0 Å². The van der Waals surface area contributed by atoms with Crippen molar-refractivity contribution < 1.29 is 28.2 Å². The highest BCUT2D eigenvalue weighted by molar-refractivity contribution is 5.87. The standard InChI is InChI=1S/C19H17F2NO4/c20-14-6-5-13(10-15(14)21)18-16(7-8-26-18)22-17(23)9-11-1-3-12(4-2-11)19(24)25/h1-6,10,16,18H,7-9H2,(H,22,23)(H,24,25). The molecule has 1 heterocycles. The number of carboxylic acids is 1. The minimum atomic E-state index is -1.03. The van der Waals surface area contributed by atoms with Crippen molar-refractivity contribution >= 4 is 11.9 Å². The molecule has 2 aromatic carbocycles. The van der Waals surface area contributed by atoms with Gasteiger partial charge < -0.3 is 15.2 Å². The van der Waals surface area contributed by atoms with E-state index in [1.165, 1.54) is 18.2 Å². The van der Waals surface area contributed by atoms with Gasteiger partial charge in [0.2, 0.25) is 5.91 Å². The first-order valence-electron chi connectivity index (χ1n) is 8.12. The second-order valence-electron chi connectivity index (χ2n) is 6.11. The molecule has 0 bridgehead atoms. The molecule has 0 aromatic heterocycles. The average molecular weight is 361 g/mol. The summed E-state index contributed by atoms with van der Waals surface area (Å²) in [7, 11) is 0. The number of rotatable bonds is 5. The minimum absolute atomic E-state index is 0.0842. The van der Waals surface area contributed by atoms with E-state index in [2.05, 4.69) is 5.32 Å². The van der Waals surface area contributed by atoms with E-state index in [9.17, 15) is 18.4 Å². The maximum absolute atomic E-state index is 13.4. The lowest BCUT2D eigenvalue weighted by molar-refractivity contribution is -0.121. The lowest BCUT2D eigenvalue weighted by atomic mass is 10.0. The van der Waals surface area contributed by atoms with Gasteiger partial charge in [-0.25, -0.2) is 13.6 Å². The Labute approximate surface area is 148 Å². The molecule has 1 amide bonds. The van der Waals surface area contributed by atoms with Gasteiger partial charge in [0.25, 0.3) is 0 Å². The van der Waals surface area contributed by atoms with Crippen LogP contribution in [0.4, 0.5) is 8.78 Å². The predicted octanol–water partition coefficient (Wildman–Crippen LogP) is 2.85. The highest BCUT2D eigenvalue weighted by atomic mass is 19.2. The summed E-state index contributed by atoms with van der Waals surface area (Å²) in [5.41, 5.74) is 1.30. The third kappa shape index (κ3) is 4.05. The molecule has 136 valence electrons. The van der Waals surface area contributed by atoms with Gasteiger partial charge in [-0.2, -0.15) is 0 Å². The Balaban J connectivity index is 1.64. The van der Waals surface area contributed by atoms with Gasteiger partial charge in [0.05, 0.1) is 18.0 Å². The Morgan fingerprint density at radius 1 is 1.12 bits per heavy atom. The molecule has 0 spiro atoms. The molecular formula is C19H17F2NO4. The molecule has 1 aliphatic heterocycles. The molecule has 2 aromatic rings. The van der Waals surface area contributed by atoms with Crippen LogP contribution in [0.5, 0.6) is 0 Å². The molecule has 2 N–H and O–H groups in total. The smallest absolute Gasteiger partial charge is 0.335 e. The van der Waals surface area contributed by atoms with Crippen LogP contribution in [0, 0.1) is 11.6 Å². The van der Waals surface area contributed by atoms with E-state index in [-0.39, 0.29) is 23.9 Å². The summed E-state index contributed by atoms with van der Waals surface area (Å²) in [6.45, 7) is 0.405. The molecule has 3 rings (SSSR count). The number of amides is 1. The summed E-state index contributed by atoms with van der Waals surface area (Å²) in [6.07, 6.45) is 0.109. The van der Waals surface area contributed by atoms with Crippen LogP contribution in [0.15, 0.2) is 42.5 Å². The first-order chi connectivity index (χ1) is 12.4. The first-order valence-corrected chi connectivity index (χ1v) is 8.12. The van der Waals surface area contributed by atoms with Crippen LogP contribution in [0.3, 0.4) is 0 Å². The number of halogens is 2. The van der Waals surface area contributed by atoms with E-state index in [0.29, 0.717) is 24.2 Å². The normalized spacial score (nSPS) is 19.3. The van der Waals surface area contributed by atoms with Crippen LogP contribution in [0.2, 0.25) is 0 Å². The third-order valence-electron chi connectivity index (χ3n) is 4.28. The van der Waals surface area contributed by atoms with Crippen molar-refractivity contribution in [3.63, 3.8) is 0 Å². The zero-order chi connectivity index (χ0) is 18.7. The van der Waals surface area contributed by atoms with Gasteiger partial charge in [0.15, 0.2) is 11.6 Å². The van der Waals surface area contributed by atoms with Crippen LogP contribution in [-0.2, 0) is 16.0 Å². The molecule has 2 atom stereocenters. The van der Waals surface area contributed by atoms with Crippen molar-refractivity contribution in [2.45, 2.75) is 25.0 Å². The van der Waals surface area contributed by atoms with Gasteiger partial charge in [-0.3, -0.25) is 4.79 Å². The maximum atomic E-state index is 13.4. The fourth-order valence-electron chi connectivity index (χ4n) is 2.96. The number of hydrogen-bond donors (Lipinski definition) is 2. The number of carboxylic acid groups (broad SMARTS) is 1. The molecular weight excluding hydrogens is 344 g/mol. The van der Waals surface area contributed by atoms with E-state index in [4.69, 9.17) is 9.84 Å². The van der Waals surface area contributed by atoms with E-state index in [1.54, 1.807) is 12.1 Å². The summed E-state index contributed by atoms with van der Waals surface area (Å²) in [5.74, 6) is -3.17. The lowest BCUT2D eigenvalue weighted by Gasteiger charge is -2.20. The number of aromatic carboxylic acids is 1. The highest BCUT2D eigenvalue weighted by Crippen LogP contribution is 2.30. The van der Waals surface area contributed by atoms with Crippen molar-refractivity contribution in [1.29, 1.82) is 0 Å². The van der Waals surface area contributed by atoms with E-state index < -0.39 is 23.7 Å². The lowest BCUT2D eigenvalue weighted by Crippen LogP contribution is -2.37. The molecule has 7 heteroatoms. The monoisotopic (exact) mass is 361 g/mol. The van der Waals surface area contributed by atoms with Gasteiger partial charge in [0, 0.05) is 6.61 Å². The van der Waals surface area contributed by atoms with Crippen LogP contribution < -0.4 is 5.32 Å². The number of nitrogens with one attached hydrogen (secondary N) is 1. The third-order valence-corrected chi connectivity index (χ3v) is 4.28. The molecule has 26 heavy (non-hydrogen) atoms. The molecule has 2 unspecified atom stereocenters. The van der Waals surface area contributed by atoms with Gasteiger partial charge >= 0.3 is 5.97 Å². The first kappa shape index (κ1) is 18.0. The van der Waals surface area contributed by atoms with E-state index in [1.807, 2.05) is 0 Å². The minimum Gasteiger partial charge on any atom is -0.478 e. The molecule has 1 saturated heterocycles. The quantitative estimate of drug-likeness (QED) is 0.859. The Hall–Kier alpha value is -2.80. The molecule has 0 saturated carbocycles. The van der Waals surface area contributed by atoms with Crippen molar-refractivity contribution in [3.8, 4) is 0 Å². The SMILES string of the molecule is O=C(Cc1ccc(C(=O)O)cc1)NC1CCOC1c1ccc(F)c(F)c1. The van der Waals surface area contributed by atoms with Crippen molar-refractivity contribution in [1.82, 2.24) is 5.32 Å². The van der Waals surface area contributed by atoms with Gasteiger partial charge in [-0.15, -0.1) is 0 Å². The maximum Gasteiger partial charge on any atom is 0.335 e. The summed E-state index contributed by atoms with van der Waals surface area (Å²) in [5, 5.41) is 11.7. The van der Waals surface area contributed by atoms with Gasteiger partial charge in [-0.05, 0) is 41.8 Å². The number of carbonyl (C=O) groups excluding carboxylic acids is 1. The molecule has 5 nitrogen and oxygen atoms in total. The van der Waals surface area contributed by atoms with E-state index in [0.717, 1.165) is 12.1 Å². The summed E-state index contributed by atoms with van der Waals surface area (Å²) < 4.78 is 32.1. The van der Waals surface area contributed by atoms with Gasteiger partial charge in [-0.1, -0.05) is 18.2 Å². The van der Waals surface area contributed by atoms with Crippen molar-refractivity contribution in [2.75, 3.05) is 6.61 Å². The van der Waals surface area contributed by atoms with Crippen LogP contribution in [0.1, 0.15) is 34.0 Å². The summed E-state index contributed by atoms with van der Waals surface area (Å²) >= 11 is 0. The molecule has 1 aliphatic rings. The van der Waals surface area contributed by atoms with Gasteiger partial charge in [0.1, 0.15) is 6.10 Å². The van der Waals surface area contributed by atoms with Crippen LogP contribution in [-0.4, -0.2) is 29.6 Å². The number of carbonyl (C=O) groups is 2. The highest BCUT2D eigenvalue weighted by Gasteiger charge is 2.31. The van der Waals surface area contributed by atoms with Crippen molar-refractivity contribution in [3.05, 3.63) is 70.8 Å². The van der Waals surface area contributed by atoms with Crippen LogP contribution in [0.25, 0.3) is 0 Å². The zero-order valence-electron chi connectivity index (χ0n) is 13.7. The largest absolute Gasteiger partial charge is 0.478 e. The number of hydrogen-bond acceptors (Lipinski definition) is 3. The molecule has 0 radical (unpaired) electrons. The topological polar surface area (TPSA) is 75.6 Å². The Bertz CT molecular complexity index is 823. The fourth-order valence-corrected chi connectivity index (χ4v) is 2.96. The second kappa shape index (κ2) is 7.61. The molecule has 0 aliphatic carbocycles. The average Bonchev–Trinajstić information content (AvgIpc) is 3.05. The predicted molar refractivity (Wildman–Crippen MR) is 88.7 cm³/mol. The Morgan fingerprint density at radius 2 is 1.85 bits per heavy atom. The Kier molecular flexibility index (Phi) is 5.27. The summed E-state index contributed by atoms with van der Waals surface area (Å²) in [4.78, 5) is 23.1. The Morgan fingerprint density at radius 3 is 2.50 bits per heavy atom. The van der Waals surface area contributed by atoms with Crippen LogP contribution >= 0.6 is 0 Å². The summed E-state index contributed by atoms with van der Waals surface area (Å²) in [6, 6.07) is 9.26. The fraction of sp³-hybridized carbons (Fsp3) is 0.263.